The summed E-state index contributed by atoms with van der Waals surface area (Å²) in [5, 5.41) is 0. The van der Waals surface area contributed by atoms with Gasteiger partial charge in [0.05, 0.1) is 5.57 Å². The largest absolute Gasteiger partial charge is 0.457 e. The summed E-state index contributed by atoms with van der Waals surface area (Å²) in [6.07, 6.45) is 5.22. The normalized spacial score (nSPS) is 16.0. The average molecular weight is 359 g/mol. The van der Waals surface area contributed by atoms with Gasteiger partial charge in [-0.1, -0.05) is 35.0 Å². The first-order valence-corrected chi connectivity index (χ1v) is 7.95. The zero-order chi connectivity index (χ0) is 15.5. The molecule has 0 aliphatic carbocycles. The molecule has 0 spiro atoms. The van der Waals surface area contributed by atoms with E-state index in [1.165, 1.54) is 0 Å². The van der Waals surface area contributed by atoms with Crippen LogP contribution in [0.1, 0.15) is 25.5 Å². The number of halogens is 1. The van der Waals surface area contributed by atoms with E-state index in [0.717, 1.165) is 34.4 Å². The van der Waals surface area contributed by atoms with Crippen molar-refractivity contribution in [2.45, 2.75) is 19.8 Å². The van der Waals surface area contributed by atoms with E-state index in [9.17, 15) is 4.79 Å². The lowest BCUT2D eigenvalue weighted by atomic mass is 10.2. The Morgan fingerprint density at radius 1 is 1.14 bits per heavy atom. The topological polar surface area (TPSA) is 39.4 Å². The predicted molar refractivity (Wildman–Crippen MR) is 88.9 cm³/mol. The maximum absolute atomic E-state index is 11.8. The van der Waals surface area contributed by atoms with Crippen LogP contribution in [-0.4, -0.2) is 5.97 Å². The minimum absolute atomic E-state index is 0.315. The lowest BCUT2D eigenvalue weighted by Crippen LogP contribution is -1.96. The third kappa shape index (κ3) is 3.22. The number of furan rings is 1. The number of ether oxygens (including phenoxy) is 1. The van der Waals surface area contributed by atoms with Crippen LogP contribution >= 0.6 is 15.9 Å². The van der Waals surface area contributed by atoms with E-state index in [1.54, 1.807) is 12.2 Å². The van der Waals surface area contributed by atoms with Gasteiger partial charge in [0.15, 0.2) is 0 Å². The number of esters is 1. The third-order valence-electron chi connectivity index (χ3n) is 3.33. The second kappa shape index (κ2) is 6.36. The number of hydrogen-bond donors (Lipinski definition) is 0. The van der Waals surface area contributed by atoms with Crippen molar-refractivity contribution in [2.75, 3.05) is 0 Å². The highest BCUT2D eigenvalue weighted by Gasteiger charge is 2.20. The highest BCUT2D eigenvalue weighted by Crippen LogP contribution is 2.27. The molecule has 1 aliphatic rings. The first-order chi connectivity index (χ1) is 10.7. The van der Waals surface area contributed by atoms with E-state index >= 15 is 0 Å². The molecule has 3 nitrogen and oxygen atoms in total. The predicted octanol–water partition coefficient (Wildman–Crippen LogP) is 5.33. The minimum atomic E-state index is -0.315. The van der Waals surface area contributed by atoms with E-state index in [-0.39, 0.29) is 5.97 Å². The molecular weight excluding hydrogens is 344 g/mol. The molecule has 1 aromatic carbocycles. The van der Waals surface area contributed by atoms with Gasteiger partial charge in [0, 0.05) is 16.5 Å². The summed E-state index contributed by atoms with van der Waals surface area (Å²) >= 11 is 3.41. The highest BCUT2D eigenvalue weighted by molar-refractivity contribution is 9.10. The molecule has 0 unspecified atom stereocenters. The van der Waals surface area contributed by atoms with Gasteiger partial charge in [-0.3, -0.25) is 0 Å². The first kappa shape index (κ1) is 14.9. The lowest BCUT2D eigenvalue weighted by molar-refractivity contribution is -0.133. The van der Waals surface area contributed by atoms with Crippen molar-refractivity contribution in [3.63, 3.8) is 0 Å². The first-order valence-electron chi connectivity index (χ1n) is 7.16. The maximum atomic E-state index is 11.8. The molecule has 0 amide bonds. The summed E-state index contributed by atoms with van der Waals surface area (Å²) in [5.41, 5.74) is 1.52. The molecule has 1 aromatic heterocycles. The number of benzene rings is 1. The molecule has 0 atom stereocenters. The molecule has 112 valence electrons. The number of hydrogen-bond acceptors (Lipinski definition) is 3. The van der Waals surface area contributed by atoms with Gasteiger partial charge in [-0.05, 0) is 42.8 Å². The summed E-state index contributed by atoms with van der Waals surface area (Å²) in [7, 11) is 0. The number of allylic oxidation sites excluding steroid dienone is 1. The van der Waals surface area contributed by atoms with Gasteiger partial charge in [0.25, 0.3) is 0 Å². The van der Waals surface area contributed by atoms with Crippen LogP contribution in [0.5, 0.6) is 0 Å². The molecule has 0 radical (unpaired) electrons. The number of cyclic esters (lactones) is 1. The van der Waals surface area contributed by atoms with E-state index in [4.69, 9.17) is 9.15 Å². The Morgan fingerprint density at radius 2 is 1.91 bits per heavy atom. The van der Waals surface area contributed by atoms with E-state index < -0.39 is 0 Å². The fourth-order valence-electron chi connectivity index (χ4n) is 2.26. The van der Waals surface area contributed by atoms with Crippen LogP contribution in [0.2, 0.25) is 0 Å². The molecule has 0 saturated heterocycles. The monoisotopic (exact) mass is 358 g/mol. The number of carbonyl (C=O) groups excluding carboxylic acids is 1. The number of carbonyl (C=O) groups is 1. The van der Waals surface area contributed by atoms with Gasteiger partial charge in [-0.15, -0.1) is 0 Å². The van der Waals surface area contributed by atoms with E-state index in [0.29, 0.717) is 11.3 Å². The van der Waals surface area contributed by atoms with Crippen molar-refractivity contribution >= 4 is 28.0 Å². The third-order valence-corrected chi connectivity index (χ3v) is 3.85. The molecule has 2 heterocycles. The van der Waals surface area contributed by atoms with Crippen molar-refractivity contribution in [3.8, 4) is 11.3 Å². The van der Waals surface area contributed by atoms with Gasteiger partial charge in [0.1, 0.15) is 17.3 Å². The SMILES string of the molecule is CCCC1=C/C(=C/c2ccc(-c3ccc(Br)cc3)o2)C(=O)O1. The maximum Gasteiger partial charge on any atom is 0.343 e. The van der Waals surface area contributed by atoms with Crippen LogP contribution in [-0.2, 0) is 9.53 Å². The second-order valence-electron chi connectivity index (χ2n) is 5.06. The quantitative estimate of drug-likeness (QED) is 0.547. The Kier molecular flexibility index (Phi) is 4.29. The Labute approximate surface area is 137 Å². The second-order valence-corrected chi connectivity index (χ2v) is 5.97. The lowest BCUT2D eigenvalue weighted by Gasteiger charge is -1.97. The summed E-state index contributed by atoms with van der Waals surface area (Å²) < 4.78 is 12.0. The Hall–Kier alpha value is -2.07. The Morgan fingerprint density at radius 3 is 2.64 bits per heavy atom. The summed E-state index contributed by atoms with van der Waals surface area (Å²) in [6.45, 7) is 2.05. The van der Waals surface area contributed by atoms with Gasteiger partial charge in [0.2, 0.25) is 0 Å². The van der Waals surface area contributed by atoms with Crippen molar-refractivity contribution in [1.29, 1.82) is 0 Å². The average Bonchev–Trinajstić information content (AvgIpc) is 3.08. The van der Waals surface area contributed by atoms with Crippen LogP contribution in [0.4, 0.5) is 0 Å². The molecular formula is C18H15BrO3. The van der Waals surface area contributed by atoms with Crippen LogP contribution in [0, 0.1) is 0 Å². The van der Waals surface area contributed by atoms with E-state index in [2.05, 4.69) is 15.9 Å². The van der Waals surface area contributed by atoms with Gasteiger partial charge in [-0.2, -0.15) is 0 Å². The minimum Gasteiger partial charge on any atom is -0.457 e. The van der Waals surface area contributed by atoms with Gasteiger partial charge in [-0.25, -0.2) is 4.79 Å². The standard InChI is InChI=1S/C18H15BrO3/c1-2-3-15-10-13(18(20)22-15)11-16-8-9-17(21-16)12-4-6-14(19)7-5-12/h4-11H,2-3H2,1H3/b13-11-. The zero-order valence-corrected chi connectivity index (χ0v) is 13.7. The van der Waals surface area contributed by atoms with Crippen molar-refractivity contribution < 1.29 is 13.9 Å². The highest BCUT2D eigenvalue weighted by atomic mass is 79.9. The summed E-state index contributed by atoms with van der Waals surface area (Å²) in [5.74, 6) is 1.81. The van der Waals surface area contributed by atoms with Gasteiger partial charge < -0.3 is 9.15 Å². The molecule has 2 aromatic rings. The fraction of sp³-hybridized carbons (Fsp3) is 0.167. The van der Waals surface area contributed by atoms with Crippen molar-refractivity contribution in [3.05, 3.63) is 64.0 Å². The molecule has 4 heteroatoms. The van der Waals surface area contributed by atoms with Crippen LogP contribution in [0.25, 0.3) is 17.4 Å². The molecule has 0 N–H and O–H groups in total. The smallest absolute Gasteiger partial charge is 0.343 e. The molecule has 22 heavy (non-hydrogen) atoms. The molecule has 3 rings (SSSR count). The molecule has 0 fully saturated rings. The zero-order valence-electron chi connectivity index (χ0n) is 12.1. The number of rotatable bonds is 4. The van der Waals surface area contributed by atoms with Crippen molar-refractivity contribution in [2.24, 2.45) is 0 Å². The molecule has 0 bridgehead atoms. The molecule has 1 aliphatic heterocycles. The Balaban J connectivity index is 1.84. The van der Waals surface area contributed by atoms with Crippen LogP contribution in [0.3, 0.4) is 0 Å². The van der Waals surface area contributed by atoms with Gasteiger partial charge >= 0.3 is 5.97 Å². The van der Waals surface area contributed by atoms with Crippen LogP contribution in [0.15, 0.2) is 62.7 Å². The summed E-state index contributed by atoms with van der Waals surface area (Å²) in [4.78, 5) is 11.8. The van der Waals surface area contributed by atoms with Crippen LogP contribution < -0.4 is 0 Å². The summed E-state index contributed by atoms with van der Waals surface area (Å²) in [6, 6.07) is 11.6. The van der Waals surface area contributed by atoms with Crippen molar-refractivity contribution in [1.82, 2.24) is 0 Å². The Bertz CT molecular complexity index is 751. The van der Waals surface area contributed by atoms with E-state index in [1.807, 2.05) is 43.3 Å². The molecule has 0 saturated carbocycles. The fourth-order valence-corrected chi connectivity index (χ4v) is 2.53.